The van der Waals surface area contributed by atoms with Crippen LogP contribution in [0.5, 0.6) is 0 Å². The number of halogens is 3. The summed E-state index contributed by atoms with van der Waals surface area (Å²) >= 11 is 14.9. The quantitative estimate of drug-likeness (QED) is 0.541. The summed E-state index contributed by atoms with van der Waals surface area (Å²) in [5.41, 5.74) is 3.06. The fourth-order valence-electron chi connectivity index (χ4n) is 3.37. The van der Waals surface area contributed by atoms with Crippen LogP contribution in [0.25, 0.3) is 0 Å². The molecule has 0 radical (unpaired) electrons. The third-order valence-corrected chi connectivity index (χ3v) is 5.85. The van der Waals surface area contributed by atoms with E-state index in [4.69, 9.17) is 27.9 Å². The molecule has 138 valence electrons. The van der Waals surface area contributed by atoms with Crippen molar-refractivity contribution in [1.29, 1.82) is 0 Å². The van der Waals surface area contributed by atoms with Crippen LogP contribution in [0.2, 0.25) is 0 Å². The van der Waals surface area contributed by atoms with Gasteiger partial charge in [0.05, 0.1) is 11.6 Å². The van der Waals surface area contributed by atoms with Crippen LogP contribution >= 0.6 is 39.1 Å². The highest BCUT2D eigenvalue weighted by atomic mass is 79.9. The molecule has 2 unspecified atom stereocenters. The highest BCUT2D eigenvalue weighted by molar-refractivity contribution is 9.10. The first kappa shape index (κ1) is 19.5. The van der Waals surface area contributed by atoms with Crippen LogP contribution in [0.4, 0.5) is 0 Å². The number of hydrogen-bond donors (Lipinski definition) is 1. The first-order valence-corrected chi connectivity index (χ1v) is 9.93. The number of ether oxygens (including phenoxy) is 1. The number of carbonyl (C=O) groups is 1. The van der Waals surface area contributed by atoms with E-state index in [0.29, 0.717) is 0 Å². The Morgan fingerprint density at radius 2 is 1.96 bits per heavy atom. The van der Waals surface area contributed by atoms with Gasteiger partial charge in [-0.1, -0.05) is 65.1 Å². The second kappa shape index (κ2) is 7.79. The van der Waals surface area contributed by atoms with Crippen LogP contribution < -0.4 is 0 Å². The van der Waals surface area contributed by atoms with Gasteiger partial charge in [0.2, 0.25) is 0 Å². The van der Waals surface area contributed by atoms with E-state index in [-0.39, 0.29) is 34.3 Å². The smallest absolute Gasteiger partial charge is 0.310 e. The third kappa shape index (κ3) is 4.36. The molecule has 6 heteroatoms. The molecule has 3 rings (SSSR count). The van der Waals surface area contributed by atoms with Crippen molar-refractivity contribution in [3.05, 3.63) is 68.4 Å². The number of rotatable bonds is 6. The molecule has 1 aromatic carbocycles. The summed E-state index contributed by atoms with van der Waals surface area (Å²) in [5, 5.41) is 0. The lowest BCUT2D eigenvalue weighted by atomic mass is 10.1. The van der Waals surface area contributed by atoms with E-state index in [2.05, 4.69) is 33.0 Å². The second-order valence-electron chi connectivity index (χ2n) is 7.17. The maximum absolute atomic E-state index is 12.5. The molecule has 1 N–H and O–H groups in total. The normalized spacial score (nSPS) is 20.5. The zero-order chi connectivity index (χ0) is 18.9. The molecule has 1 aromatic heterocycles. The molecule has 3 nitrogen and oxygen atoms in total. The van der Waals surface area contributed by atoms with Crippen LogP contribution in [0.3, 0.4) is 0 Å². The van der Waals surface area contributed by atoms with Crippen LogP contribution in [0, 0.1) is 17.3 Å². The molecule has 2 aromatic rings. The van der Waals surface area contributed by atoms with Gasteiger partial charge in [-0.05, 0) is 53.2 Å². The highest BCUT2D eigenvalue weighted by Gasteiger charge is 2.61. The molecule has 26 heavy (non-hydrogen) atoms. The fraction of sp³-hybridized carbons (Fsp3) is 0.350. The molecular formula is C20H20BrCl2NO2. The van der Waals surface area contributed by atoms with Crippen LogP contribution in [0.1, 0.15) is 30.7 Å². The zero-order valence-corrected chi connectivity index (χ0v) is 17.7. The molecule has 1 saturated carbocycles. The molecule has 1 aliphatic rings. The van der Waals surface area contributed by atoms with Gasteiger partial charge in [0.1, 0.15) is 11.1 Å². The summed E-state index contributed by atoms with van der Waals surface area (Å²) in [4.78, 5) is 15.6. The predicted octanol–water partition coefficient (Wildman–Crippen LogP) is 6.00. The monoisotopic (exact) mass is 455 g/mol. The van der Waals surface area contributed by atoms with Crippen molar-refractivity contribution in [3.8, 4) is 0 Å². The van der Waals surface area contributed by atoms with Crippen LogP contribution in [-0.2, 0) is 22.6 Å². The van der Waals surface area contributed by atoms with Crippen molar-refractivity contribution in [3.63, 3.8) is 0 Å². The first-order chi connectivity index (χ1) is 12.3. The summed E-state index contributed by atoms with van der Waals surface area (Å²) < 4.78 is 6.81. The minimum Gasteiger partial charge on any atom is -0.459 e. The number of allylic oxidation sites excluding steroid dienone is 1. The van der Waals surface area contributed by atoms with Gasteiger partial charge in [0.25, 0.3) is 0 Å². The summed E-state index contributed by atoms with van der Waals surface area (Å²) in [6.07, 6.45) is 4.38. The van der Waals surface area contributed by atoms with E-state index in [1.165, 1.54) is 5.56 Å². The van der Waals surface area contributed by atoms with E-state index in [1.807, 2.05) is 38.2 Å². The van der Waals surface area contributed by atoms with Crippen LogP contribution in [-0.4, -0.2) is 11.0 Å². The Kier molecular flexibility index (Phi) is 5.85. The molecular weight excluding hydrogens is 437 g/mol. The molecule has 1 heterocycles. The van der Waals surface area contributed by atoms with Gasteiger partial charge < -0.3 is 9.72 Å². The summed E-state index contributed by atoms with van der Waals surface area (Å²) in [6.45, 7) is 4.27. The Bertz CT molecular complexity index is 823. The Balaban J connectivity index is 1.61. The topological polar surface area (TPSA) is 42.1 Å². The van der Waals surface area contributed by atoms with Crippen molar-refractivity contribution in [2.45, 2.75) is 26.9 Å². The molecule has 0 spiro atoms. The molecule has 0 amide bonds. The van der Waals surface area contributed by atoms with Gasteiger partial charge in [0, 0.05) is 10.7 Å². The Morgan fingerprint density at radius 1 is 1.27 bits per heavy atom. The summed E-state index contributed by atoms with van der Waals surface area (Å²) in [7, 11) is 0. The molecule has 2 atom stereocenters. The summed E-state index contributed by atoms with van der Waals surface area (Å²) in [5.74, 6) is -0.402. The van der Waals surface area contributed by atoms with Crippen molar-refractivity contribution in [2.75, 3.05) is 0 Å². The highest BCUT2D eigenvalue weighted by Crippen LogP contribution is 2.60. The van der Waals surface area contributed by atoms with E-state index < -0.39 is 0 Å². The number of hydrogen-bond acceptors (Lipinski definition) is 2. The standard InChI is InChI=1S/C20H20BrCl2NO2/c1-20(2)15(10-17(22)23)18(20)19(25)26-11-16-13(7-8-24-16)9-12-3-5-14(21)6-4-12/h3-8,10,15,18,24H,9,11H2,1-2H3. The number of aromatic amines is 1. The van der Waals surface area contributed by atoms with Gasteiger partial charge in [-0.25, -0.2) is 0 Å². The van der Waals surface area contributed by atoms with Gasteiger partial charge in [-0.2, -0.15) is 0 Å². The number of benzene rings is 1. The van der Waals surface area contributed by atoms with Crippen LogP contribution in [0.15, 0.2) is 51.6 Å². The average Bonchev–Trinajstić information content (AvgIpc) is 2.91. The van der Waals surface area contributed by atoms with Gasteiger partial charge in [-0.15, -0.1) is 0 Å². The number of carbonyl (C=O) groups excluding carboxylic acids is 1. The molecule has 1 fully saturated rings. The maximum atomic E-state index is 12.5. The second-order valence-corrected chi connectivity index (χ2v) is 9.10. The third-order valence-electron chi connectivity index (χ3n) is 5.07. The number of H-pyrrole nitrogens is 1. The lowest BCUT2D eigenvalue weighted by Crippen LogP contribution is -2.11. The van der Waals surface area contributed by atoms with Gasteiger partial charge in [0.15, 0.2) is 0 Å². The van der Waals surface area contributed by atoms with Gasteiger partial charge in [-0.3, -0.25) is 4.79 Å². The van der Waals surface area contributed by atoms with Gasteiger partial charge >= 0.3 is 5.97 Å². The SMILES string of the molecule is CC1(C)C(C=C(Cl)Cl)C1C(=O)OCc1[nH]ccc1Cc1ccc(Br)cc1. The minimum atomic E-state index is -0.213. The zero-order valence-electron chi connectivity index (χ0n) is 14.6. The summed E-state index contributed by atoms with van der Waals surface area (Å²) in [6, 6.07) is 10.2. The predicted molar refractivity (Wildman–Crippen MR) is 108 cm³/mol. The van der Waals surface area contributed by atoms with E-state index in [1.54, 1.807) is 6.08 Å². The Hall–Kier alpha value is -1.23. The van der Waals surface area contributed by atoms with E-state index in [9.17, 15) is 4.79 Å². The number of esters is 1. The largest absolute Gasteiger partial charge is 0.459 e. The average molecular weight is 457 g/mol. The fourth-order valence-corrected chi connectivity index (χ4v) is 3.90. The molecule has 0 saturated heterocycles. The number of nitrogens with one attached hydrogen (secondary N) is 1. The lowest BCUT2D eigenvalue weighted by molar-refractivity contribution is -0.147. The van der Waals surface area contributed by atoms with E-state index in [0.717, 1.165) is 22.2 Å². The number of aromatic nitrogens is 1. The first-order valence-electron chi connectivity index (χ1n) is 8.38. The lowest BCUT2D eigenvalue weighted by Gasteiger charge is -2.08. The molecule has 0 bridgehead atoms. The van der Waals surface area contributed by atoms with Crippen molar-refractivity contribution in [1.82, 2.24) is 4.98 Å². The molecule has 0 aliphatic heterocycles. The Morgan fingerprint density at radius 3 is 2.62 bits per heavy atom. The van der Waals surface area contributed by atoms with Crippen molar-refractivity contribution < 1.29 is 9.53 Å². The van der Waals surface area contributed by atoms with Crippen molar-refractivity contribution in [2.24, 2.45) is 17.3 Å². The minimum absolute atomic E-state index is 0.0193. The van der Waals surface area contributed by atoms with E-state index >= 15 is 0 Å². The Labute approximate surface area is 171 Å². The molecule has 1 aliphatic carbocycles. The van der Waals surface area contributed by atoms with Crippen molar-refractivity contribution >= 4 is 45.1 Å². The maximum Gasteiger partial charge on any atom is 0.310 e.